The second kappa shape index (κ2) is 7.27. The third kappa shape index (κ3) is 3.85. The number of piperidine rings is 1. The molecule has 1 atom stereocenters. The standard InChI is InChI=1S/C19H24N4O2/c24-19-6-3-14-12-16(4-5-17(14)21-19)25-11-10-23-9-1-2-15(13-23)18-7-8-20-22-18/h4-5,7-8,12,15H,1-3,6,9-11,13H2,(H,20,22)(H,21,24)/t15-/m0/s1. The monoisotopic (exact) mass is 340 g/mol. The highest BCUT2D eigenvalue weighted by Gasteiger charge is 2.22. The predicted molar refractivity (Wildman–Crippen MR) is 95.9 cm³/mol. The van der Waals surface area contributed by atoms with Gasteiger partial charge >= 0.3 is 0 Å². The predicted octanol–water partition coefficient (Wildman–Crippen LogP) is 2.55. The van der Waals surface area contributed by atoms with E-state index in [0.717, 1.165) is 43.1 Å². The summed E-state index contributed by atoms with van der Waals surface area (Å²) in [6.45, 7) is 3.80. The second-order valence-corrected chi connectivity index (χ2v) is 6.87. The quantitative estimate of drug-likeness (QED) is 0.878. The van der Waals surface area contributed by atoms with Crippen LogP contribution in [0.4, 0.5) is 5.69 Å². The molecule has 2 aliphatic rings. The van der Waals surface area contributed by atoms with Gasteiger partial charge in [-0.05, 0) is 55.6 Å². The first kappa shape index (κ1) is 16.1. The zero-order valence-corrected chi connectivity index (χ0v) is 14.3. The molecule has 0 unspecified atom stereocenters. The van der Waals surface area contributed by atoms with Crippen molar-refractivity contribution < 1.29 is 9.53 Å². The van der Waals surface area contributed by atoms with Crippen LogP contribution in [-0.2, 0) is 11.2 Å². The van der Waals surface area contributed by atoms with Crippen LogP contribution >= 0.6 is 0 Å². The van der Waals surface area contributed by atoms with Gasteiger partial charge in [0.25, 0.3) is 0 Å². The van der Waals surface area contributed by atoms with E-state index in [1.165, 1.54) is 18.5 Å². The van der Waals surface area contributed by atoms with Crippen molar-refractivity contribution in [3.05, 3.63) is 41.7 Å². The highest BCUT2D eigenvalue weighted by atomic mass is 16.5. The molecule has 0 aliphatic carbocycles. The van der Waals surface area contributed by atoms with Crippen LogP contribution in [0.15, 0.2) is 30.5 Å². The Morgan fingerprint density at radius 2 is 2.24 bits per heavy atom. The summed E-state index contributed by atoms with van der Waals surface area (Å²) in [5.74, 6) is 1.53. The molecule has 0 saturated carbocycles. The number of nitrogens with zero attached hydrogens (tertiary/aromatic N) is 2. The third-order valence-corrected chi connectivity index (χ3v) is 5.12. The summed E-state index contributed by atoms with van der Waals surface area (Å²) >= 11 is 0. The number of ether oxygens (including phenoxy) is 1. The SMILES string of the molecule is O=C1CCc2cc(OCCN3CCC[C@H](c4ccn[nH]4)C3)ccc2N1. The fraction of sp³-hybridized carbons (Fsp3) is 0.474. The number of carbonyl (C=O) groups excluding carboxylic acids is 1. The number of aryl methyl sites for hydroxylation is 1. The maximum atomic E-state index is 11.4. The molecule has 25 heavy (non-hydrogen) atoms. The Morgan fingerprint density at radius 1 is 1.28 bits per heavy atom. The third-order valence-electron chi connectivity index (χ3n) is 5.12. The highest BCUT2D eigenvalue weighted by molar-refractivity contribution is 5.93. The van der Waals surface area contributed by atoms with E-state index in [4.69, 9.17) is 4.74 Å². The fourth-order valence-electron chi connectivity index (χ4n) is 3.75. The average Bonchev–Trinajstić information content (AvgIpc) is 3.17. The number of anilines is 1. The molecule has 1 fully saturated rings. The van der Waals surface area contributed by atoms with E-state index < -0.39 is 0 Å². The molecule has 4 rings (SSSR count). The molecule has 2 aromatic rings. The Balaban J connectivity index is 1.28. The molecule has 1 aromatic heterocycles. The lowest BCUT2D eigenvalue weighted by Gasteiger charge is -2.32. The normalized spacial score (nSPS) is 20.8. The number of amides is 1. The molecule has 6 nitrogen and oxygen atoms in total. The average molecular weight is 340 g/mol. The van der Waals surface area contributed by atoms with Gasteiger partial charge in [0.05, 0.1) is 0 Å². The molecule has 0 radical (unpaired) electrons. The number of likely N-dealkylation sites (tertiary alicyclic amines) is 1. The molecule has 2 aliphatic heterocycles. The number of hydrogen-bond donors (Lipinski definition) is 2. The van der Waals surface area contributed by atoms with E-state index in [9.17, 15) is 4.79 Å². The minimum absolute atomic E-state index is 0.0955. The maximum Gasteiger partial charge on any atom is 0.224 e. The lowest BCUT2D eigenvalue weighted by Crippen LogP contribution is -2.37. The molecule has 6 heteroatoms. The molecule has 1 saturated heterocycles. The van der Waals surface area contributed by atoms with Crippen molar-refractivity contribution in [1.82, 2.24) is 15.1 Å². The lowest BCUT2D eigenvalue weighted by molar-refractivity contribution is -0.116. The van der Waals surface area contributed by atoms with Crippen LogP contribution in [-0.4, -0.2) is 47.2 Å². The van der Waals surface area contributed by atoms with Crippen LogP contribution in [0.3, 0.4) is 0 Å². The van der Waals surface area contributed by atoms with Crippen molar-refractivity contribution >= 4 is 11.6 Å². The number of H-pyrrole nitrogens is 1. The van der Waals surface area contributed by atoms with Crippen molar-refractivity contribution in [2.45, 2.75) is 31.6 Å². The van der Waals surface area contributed by atoms with Gasteiger partial charge in [-0.2, -0.15) is 5.10 Å². The van der Waals surface area contributed by atoms with Crippen LogP contribution in [0.2, 0.25) is 0 Å². The number of rotatable bonds is 5. The molecule has 2 N–H and O–H groups in total. The summed E-state index contributed by atoms with van der Waals surface area (Å²) in [6.07, 6.45) is 5.60. The number of hydrogen-bond acceptors (Lipinski definition) is 4. The zero-order chi connectivity index (χ0) is 17.1. The summed E-state index contributed by atoms with van der Waals surface area (Å²) in [4.78, 5) is 13.9. The molecule has 0 spiro atoms. The first-order chi connectivity index (χ1) is 12.3. The minimum atomic E-state index is 0.0955. The molecular formula is C19H24N4O2. The van der Waals surface area contributed by atoms with Gasteiger partial charge in [0, 0.05) is 43.0 Å². The first-order valence-electron chi connectivity index (χ1n) is 9.05. The van der Waals surface area contributed by atoms with E-state index in [1.807, 2.05) is 18.3 Å². The van der Waals surface area contributed by atoms with Gasteiger partial charge in [0.15, 0.2) is 0 Å². The Kier molecular flexibility index (Phi) is 4.70. The zero-order valence-electron chi connectivity index (χ0n) is 14.3. The van der Waals surface area contributed by atoms with Gasteiger partial charge < -0.3 is 10.1 Å². The van der Waals surface area contributed by atoms with Crippen molar-refractivity contribution in [1.29, 1.82) is 0 Å². The van der Waals surface area contributed by atoms with E-state index in [-0.39, 0.29) is 5.91 Å². The summed E-state index contributed by atoms with van der Waals surface area (Å²) in [6, 6.07) is 8.01. The number of aromatic nitrogens is 2. The lowest BCUT2D eigenvalue weighted by atomic mass is 9.95. The molecular weight excluding hydrogens is 316 g/mol. The molecule has 1 amide bonds. The number of carbonyl (C=O) groups is 1. The summed E-state index contributed by atoms with van der Waals surface area (Å²) in [7, 11) is 0. The highest BCUT2D eigenvalue weighted by Crippen LogP contribution is 2.27. The Labute approximate surface area is 147 Å². The number of benzene rings is 1. The van der Waals surface area contributed by atoms with Crippen LogP contribution in [0.25, 0.3) is 0 Å². The second-order valence-electron chi connectivity index (χ2n) is 6.87. The van der Waals surface area contributed by atoms with E-state index in [1.54, 1.807) is 0 Å². The molecule has 3 heterocycles. The summed E-state index contributed by atoms with van der Waals surface area (Å²) in [5, 5.41) is 10.1. The van der Waals surface area contributed by atoms with E-state index in [0.29, 0.717) is 18.9 Å². The smallest absolute Gasteiger partial charge is 0.224 e. The summed E-state index contributed by atoms with van der Waals surface area (Å²) < 4.78 is 5.95. The van der Waals surface area contributed by atoms with E-state index >= 15 is 0 Å². The minimum Gasteiger partial charge on any atom is -0.492 e. The molecule has 0 bridgehead atoms. The number of nitrogens with one attached hydrogen (secondary N) is 2. The topological polar surface area (TPSA) is 70.2 Å². The van der Waals surface area contributed by atoms with Crippen LogP contribution in [0.5, 0.6) is 5.75 Å². The first-order valence-corrected chi connectivity index (χ1v) is 9.05. The van der Waals surface area contributed by atoms with Gasteiger partial charge in [-0.15, -0.1) is 0 Å². The van der Waals surface area contributed by atoms with Crippen LogP contribution < -0.4 is 10.1 Å². The van der Waals surface area contributed by atoms with Gasteiger partial charge in [-0.25, -0.2) is 0 Å². The van der Waals surface area contributed by atoms with Gasteiger partial charge in [-0.3, -0.25) is 14.8 Å². The van der Waals surface area contributed by atoms with Gasteiger partial charge in [0.2, 0.25) is 5.91 Å². The number of aromatic amines is 1. The van der Waals surface area contributed by atoms with Crippen LogP contribution in [0, 0.1) is 0 Å². The van der Waals surface area contributed by atoms with Crippen molar-refractivity contribution in [2.24, 2.45) is 0 Å². The van der Waals surface area contributed by atoms with Crippen molar-refractivity contribution in [3.8, 4) is 5.75 Å². The number of fused-ring (bicyclic) bond motifs is 1. The van der Waals surface area contributed by atoms with E-state index in [2.05, 4.69) is 32.5 Å². The largest absolute Gasteiger partial charge is 0.492 e. The fourth-order valence-corrected chi connectivity index (χ4v) is 3.75. The van der Waals surface area contributed by atoms with Gasteiger partial charge in [0.1, 0.15) is 12.4 Å². The Hall–Kier alpha value is -2.34. The molecule has 132 valence electrons. The Morgan fingerprint density at radius 3 is 3.12 bits per heavy atom. The Bertz CT molecular complexity index is 729. The summed E-state index contributed by atoms with van der Waals surface area (Å²) in [5.41, 5.74) is 3.32. The van der Waals surface area contributed by atoms with Crippen molar-refractivity contribution in [3.63, 3.8) is 0 Å². The van der Waals surface area contributed by atoms with Crippen molar-refractivity contribution in [2.75, 3.05) is 31.6 Å². The molecule has 1 aromatic carbocycles. The van der Waals surface area contributed by atoms with Gasteiger partial charge in [-0.1, -0.05) is 0 Å². The van der Waals surface area contributed by atoms with Crippen LogP contribution in [0.1, 0.15) is 36.4 Å². The maximum absolute atomic E-state index is 11.4.